The molecule has 0 spiro atoms. The molecule has 32 heavy (non-hydrogen) atoms. The molecule has 0 aliphatic carbocycles. The van der Waals surface area contributed by atoms with Crippen LogP contribution in [0.25, 0.3) is 0 Å². The maximum atomic E-state index is 13.1. The zero-order chi connectivity index (χ0) is 23.1. The number of amides is 2. The number of nitrogens with zero attached hydrogens (tertiary/aromatic N) is 3. The Hall–Kier alpha value is -3.56. The molecule has 0 saturated carbocycles. The molecule has 0 fully saturated rings. The smallest absolute Gasteiger partial charge is 0.408 e. The van der Waals surface area contributed by atoms with Crippen molar-refractivity contribution < 1.29 is 23.9 Å². The van der Waals surface area contributed by atoms with Gasteiger partial charge in [0.15, 0.2) is 5.78 Å². The van der Waals surface area contributed by atoms with Gasteiger partial charge in [0.05, 0.1) is 24.5 Å². The van der Waals surface area contributed by atoms with E-state index < -0.39 is 29.7 Å². The van der Waals surface area contributed by atoms with Crippen LogP contribution in [0.1, 0.15) is 31.5 Å². The summed E-state index contributed by atoms with van der Waals surface area (Å²) < 4.78 is 6.83. The number of aromatic nitrogens is 3. The van der Waals surface area contributed by atoms with Gasteiger partial charge in [-0.25, -0.2) is 9.48 Å². The van der Waals surface area contributed by atoms with Crippen molar-refractivity contribution >= 4 is 23.6 Å². The van der Waals surface area contributed by atoms with Crippen molar-refractivity contribution in [3.05, 3.63) is 47.8 Å². The van der Waals surface area contributed by atoms with E-state index in [0.29, 0.717) is 12.2 Å². The van der Waals surface area contributed by atoms with Crippen molar-refractivity contribution in [2.24, 2.45) is 11.8 Å². The van der Waals surface area contributed by atoms with Crippen LogP contribution in [0, 0.1) is 11.8 Å². The molecule has 2 amide bonds. The van der Waals surface area contributed by atoms with E-state index in [0.717, 1.165) is 5.56 Å². The van der Waals surface area contributed by atoms with Crippen LogP contribution in [0.4, 0.5) is 4.79 Å². The fraction of sp³-hybridized carbons (Fsp3) is 0.455. The van der Waals surface area contributed by atoms with Gasteiger partial charge in [-0.3, -0.25) is 14.4 Å². The summed E-state index contributed by atoms with van der Waals surface area (Å²) in [5, 5.41) is 13.0. The summed E-state index contributed by atoms with van der Waals surface area (Å²) in [5.74, 6) is -2.85. The molecule has 10 heteroatoms. The molecule has 1 aromatic carbocycles. The molecule has 1 aliphatic heterocycles. The van der Waals surface area contributed by atoms with Gasteiger partial charge in [-0.2, -0.15) is 0 Å². The zero-order valence-electron chi connectivity index (χ0n) is 18.1. The Morgan fingerprint density at radius 3 is 2.72 bits per heavy atom. The van der Waals surface area contributed by atoms with Crippen LogP contribution in [0.2, 0.25) is 0 Å². The molecule has 1 aliphatic rings. The number of ether oxygens (including phenoxy) is 1. The third kappa shape index (κ3) is 5.99. The number of hydrogen-bond acceptors (Lipinski definition) is 7. The topological polar surface area (TPSA) is 132 Å². The van der Waals surface area contributed by atoms with E-state index in [1.54, 1.807) is 18.5 Å². The summed E-state index contributed by atoms with van der Waals surface area (Å²) >= 11 is 0. The van der Waals surface area contributed by atoms with Crippen LogP contribution in [-0.4, -0.2) is 51.1 Å². The second-order valence-corrected chi connectivity index (χ2v) is 8.07. The van der Waals surface area contributed by atoms with Gasteiger partial charge >= 0.3 is 6.09 Å². The average Bonchev–Trinajstić information content (AvgIpc) is 3.22. The van der Waals surface area contributed by atoms with Crippen LogP contribution in [0.3, 0.4) is 0 Å². The number of rotatable bonds is 7. The van der Waals surface area contributed by atoms with E-state index >= 15 is 0 Å². The van der Waals surface area contributed by atoms with Gasteiger partial charge in [-0.15, -0.1) is 5.10 Å². The van der Waals surface area contributed by atoms with Crippen molar-refractivity contribution in [2.75, 3.05) is 6.54 Å². The molecule has 2 aromatic rings. The van der Waals surface area contributed by atoms with Crippen LogP contribution in [0.5, 0.6) is 0 Å². The van der Waals surface area contributed by atoms with Crippen LogP contribution >= 0.6 is 0 Å². The summed E-state index contributed by atoms with van der Waals surface area (Å²) in [6.07, 6.45) is 0.773. The predicted molar refractivity (Wildman–Crippen MR) is 113 cm³/mol. The molecule has 2 heterocycles. The maximum absolute atomic E-state index is 13.1. The normalized spacial score (nSPS) is 17.4. The van der Waals surface area contributed by atoms with Gasteiger partial charge in [0.25, 0.3) is 5.91 Å². The Kier molecular flexibility index (Phi) is 7.69. The predicted octanol–water partition coefficient (Wildman–Crippen LogP) is 1.05. The molecule has 0 radical (unpaired) electrons. The summed E-state index contributed by atoms with van der Waals surface area (Å²) in [7, 11) is 0. The Morgan fingerprint density at radius 2 is 2.00 bits per heavy atom. The molecule has 2 atom stereocenters. The van der Waals surface area contributed by atoms with Crippen LogP contribution in [-0.2, 0) is 38.7 Å². The summed E-state index contributed by atoms with van der Waals surface area (Å²) in [6.45, 7) is 4.28. The van der Waals surface area contributed by atoms with Gasteiger partial charge < -0.3 is 15.4 Å². The molecule has 1 aromatic heterocycles. The van der Waals surface area contributed by atoms with Gasteiger partial charge in [-0.1, -0.05) is 49.4 Å². The number of fused-ring (bicyclic) bond motifs is 1. The maximum Gasteiger partial charge on any atom is 0.408 e. The van der Waals surface area contributed by atoms with Crippen molar-refractivity contribution in [3.63, 3.8) is 0 Å². The van der Waals surface area contributed by atoms with E-state index in [1.807, 2.05) is 30.3 Å². The highest BCUT2D eigenvalue weighted by molar-refractivity contribution is 6.37. The summed E-state index contributed by atoms with van der Waals surface area (Å²) in [6, 6.07) is 8.33. The lowest BCUT2D eigenvalue weighted by molar-refractivity contribution is -0.141. The second-order valence-electron chi connectivity index (χ2n) is 8.07. The lowest BCUT2D eigenvalue weighted by Gasteiger charge is -2.23. The van der Waals surface area contributed by atoms with Crippen molar-refractivity contribution in [2.45, 2.75) is 45.9 Å². The SMILES string of the molecule is CC(C)C(NC(=O)OCc1ccccc1)C(=O)CC1Cc2cnnn2CCNC(=O)C1=O. The Bertz CT molecular complexity index is 972. The quantitative estimate of drug-likeness (QED) is 0.614. The van der Waals surface area contributed by atoms with E-state index in [2.05, 4.69) is 20.9 Å². The number of Topliss-reactive ketones (excluding diaryl/α,β-unsaturated/α-hetero) is 2. The van der Waals surface area contributed by atoms with Gasteiger partial charge in [0, 0.05) is 25.3 Å². The van der Waals surface area contributed by atoms with Crippen LogP contribution < -0.4 is 10.6 Å². The minimum atomic E-state index is -0.874. The van der Waals surface area contributed by atoms with E-state index in [4.69, 9.17) is 4.74 Å². The minimum Gasteiger partial charge on any atom is -0.445 e. The third-order valence-electron chi connectivity index (χ3n) is 5.30. The number of alkyl carbamates (subject to hydrolysis) is 1. The first-order chi connectivity index (χ1) is 15.3. The highest BCUT2D eigenvalue weighted by Gasteiger charge is 2.33. The number of ketones is 2. The monoisotopic (exact) mass is 441 g/mol. The Labute approximate surface area is 185 Å². The van der Waals surface area contributed by atoms with Gasteiger partial charge in [-0.05, 0) is 11.5 Å². The largest absolute Gasteiger partial charge is 0.445 e. The van der Waals surface area contributed by atoms with Crippen LogP contribution in [0.15, 0.2) is 36.5 Å². The standard InChI is InChI=1S/C22H27N5O5/c1-14(2)19(25-22(31)32-13-15-6-4-3-5-7-15)18(28)11-16-10-17-12-24-26-27(17)9-8-23-21(30)20(16)29/h3-7,12,14,16,19H,8-11,13H2,1-2H3,(H,23,30)(H,25,31). The first-order valence-corrected chi connectivity index (χ1v) is 10.5. The molecule has 0 bridgehead atoms. The van der Waals surface area contributed by atoms with Gasteiger partial charge in [0.2, 0.25) is 5.78 Å². The van der Waals surface area contributed by atoms with E-state index in [9.17, 15) is 19.2 Å². The highest BCUT2D eigenvalue weighted by Crippen LogP contribution is 2.18. The number of nitrogens with one attached hydrogen (secondary N) is 2. The number of carbonyl (C=O) groups is 4. The molecular formula is C22H27N5O5. The molecule has 170 valence electrons. The highest BCUT2D eigenvalue weighted by atomic mass is 16.5. The van der Waals surface area contributed by atoms with Crippen molar-refractivity contribution in [3.8, 4) is 0 Å². The zero-order valence-corrected chi connectivity index (χ0v) is 18.1. The lowest BCUT2D eigenvalue weighted by Crippen LogP contribution is -2.46. The van der Waals surface area contributed by atoms with Crippen molar-refractivity contribution in [1.29, 1.82) is 0 Å². The van der Waals surface area contributed by atoms with Gasteiger partial charge in [0.1, 0.15) is 6.61 Å². The first kappa shape index (κ1) is 23.1. The molecule has 2 N–H and O–H groups in total. The molecule has 0 saturated heterocycles. The summed E-state index contributed by atoms with van der Waals surface area (Å²) in [4.78, 5) is 50.2. The Balaban J connectivity index is 1.66. The lowest BCUT2D eigenvalue weighted by atomic mass is 9.87. The minimum absolute atomic E-state index is 0.0734. The van der Waals surface area contributed by atoms with E-state index in [1.165, 1.54) is 6.20 Å². The molecule has 2 unspecified atom stereocenters. The third-order valence-corrected chi connectivity index (χ3v) is 5.30. The Morgan fingerprint density at radius 1 is 1.25 bits per heavy atom. The number of hydrogen-bond donors (Lipinski definition) is 2. The van der Waals surface area contributed by atoms with E-state index in [-0.39, 0.29) is 37.7 Å². The molecule has 10 nitrogen and oxygen atoms in total. The number of carbonyl (C=O) groups excluding carboxylic acids is 4. The number of benzene rings is 1. The van der Waals surface area contributed by atoms with Crippen molar-refractivity contribution in [1.82, 2.24) is 25.6 Å². The molecule has 3 rings (SSSR count). The second kappa shape index (κ2) is 10.7. The fourth-order valence-electron chi connectivity index (χ4n) is 3.56. The average molecular weight is 441 g/mol. The first-order valence-electron chi connectivity index (χ1n) is 10.5. The summed E-state index contributed by atoms with van der Waals surface area (Å²) in [5.41, 5.74) is 1.49. The molecular weight excluding hydrogens is 414 g/mol. The fourth-order valence-corrected chi connectivity index (χ4v) is 3.56.